The SMILES string of the molecule is CCc1cc(COS(C)(=O)=O)cc(N(CCOCCOCCOC)CC(C)(C)SSC)c1. The Morgan fingerprint density at radius 2 is 1.62 bits per heavy atom. The molecule has 0 atom stereocenters. The van der Waals surface area contributed by atoms with Crippen LogP contribution in [0.5, 0.6) is 0 Å². The molecule has 0 aliphatic rings. The zero-order valence-electron chi connectivity index (χ0n) is 20.2. The Balaban J connectivity index is 2.90. The van der Waals surface area contributed by atoms with Crippen molar-refractivity contribution in [3.63, 3.8) is 0 Å². The van der Waals surface area contributed by atoms with Crippen LogP contribution in [0.2, 0.25) is 0 Å². The van der Waals surface area contributed by atoms with Crippen molar-refractivity contribution in [1.82, 2.24) is 0 Å². The van der Waals surface area contributed by atoms with Gasteiger partial charge in [0.05, 0.1) is 45.9 Å². The van der Waals surface area contributed by atoms with E-state index >= 15 is 0 Å². The van der Waals surface area contributed by atoms with Gasteiger partial charge in [-0.25, -0.2) is 0 Å². The first-order valence-electron chi connectivity index (χ1n) is 10.7. The molecule has 0 aliphatic carbocycles. The summed E-state index contributed by atoms with van der Waals surface area (Å²) in [6.07, 6.45) is 4.01. The lowest BCUT2D eigenvalue weighted by Gasteiger charge is -2.34. The first kappa shape index (κ1) is 29.5. The normalized spacial score (nSPS) is 12.3. The van der Waals surface area contributed by atoms with Gasteiger partial charge in [-0.05, 0) is 49.8 Å². The fourth-order valence-electron chi connectivity index (χ4n) is 3.04. The molecule has 32 heavy (non-hydrogen) atoms. The van der Waals surface area contributed by atoms with Crippen LogP contribution in [0.15, 0.2) is 18.2 Å². The van der Waals surface area contributed by atoms with Gasteiger partial charge in [-0.1, -0.05) is 34.6 Å². The smallest absolute Gasteiger partial charge is 0.264 e. The molecule has 1 rings (SSSR count). The van der Waals surface area contributed by atoms with Crippen molar-refractivity contribution in [2.45, 2.75) is 38.5 Å². The molecule has 0 radical (unpaired) electrons. The topological polar surface area (TPSA) is 74.3 Å². The van der Waals surface area contributed by atoms with Crippen molar-refractivity contribution in [3.05, 3.63) is 29.3 Å². The molecular weight excluding hydrogens is 470 g/mol. The Hall–Kier alpha value is -0.490. The number of rotatable bonds is 18. The van der Waals surface area contributed by atoms with Crippen LogP contribution >= 0.6 is 21.6 Å². The molecule has 0 amide bonds. The van der Waals surface area contributed by atoms with E-state index in [1.807, 2.05) is 22.9 Å². The number of anilines is 1. The van der Waals surface area contributed by atoms with Gasteiger partial charge in [-0.15, -0.1) is 0 Å². The number of hydrogen-bond acceptors (Lipinski definition) is 9. The van der Waals surface area contributed by atoms with Crippen molar-refractivity contribution < 1.29 is 26.8 Å². The molecule has 0 saturated carbocycles. The first-order chi connectivity index (χ1) is 15.1. The summed E-state index contributed by atoms with van der Waals surface area (Å²) in [5, 5.41) is 0. The van der Waals surface area contributed by atoms with Crippen LogP contribution in [0.25, 0.3) is 0 Å². The monoisotopic (exact) mass is 509 g/mol. The standard InChI is InChI=1S/C22H39NO6S3/c1-7-19-14-20(17-29-32(6,24)25)16-21(15-19)23(18-22(2,3)31-30-5)8-9-27-12-13-28-11-10-26-4/h14-16H,7-13,17-18H2,1-6H3. The summed E-state index contributed by atoms with van der Waals surface area (Å²) in [5.41, 5.74) is 3.03. The minimum absolute atomic E-state index is 0.0221. The molecule has 1 aromatic rings. The van der Waals surface area contributed by atoms with E-state index in [0.29, 0.717) is 33.0 Å². The van der Waals surface area contributed by atoms with Crippen LogP contribution in [0.1, 0.15) is 31.9 Å². The average Bonchev–Trinajstić information content (AvgIpc) is 2.72. The van der Waals surface area contributed by atoms with Gasteiger partial charge < -0.3 is 19.1 Å². The van der Waals surface area contributed by atoms with Crippen LogP contribution in [0.4, 0.5) is 5.69 Å². The molecule has 186 valence electrons. The van der Waals surface area contributed by atoms with Crippen molar-refractivity contribution in [2.75, 3.05) is 70.6 Å². The molecule has 0 saturated heterocycles. The van der Waals surface area contributed by atoms with E-state index < -0.39 is 10.1 Å². The van der Waals surface area contributed by atoms with Gasteiger partial charge in [0.15, 0.2) is 0 Å². The highest BCUT2D eigenvalue weighted by atomic mass is 33.1. The Bertz CT molecular complexity index is 758. The minimum atomic E-state index is -3.50. The zero-order valence-corrected chi connectivity index (χ0v) is 22.7. The summed E-state index contributed by atoms with van der Waals surface area (Å²) < 4.78 is 44.2. The molecule has 0 spiro atoms. The number of ether oxygens (including phenoxy) is 3. The summed E-state index contributed by atoms with van der Waals surface area (Å²) in [6, 6.07) is 6.18. The van der Waals surface area contributed by atoms with E-state index in [1.54, 1.807) is 17.9 Å². The van der Waals surface area contributed by atoms with Crippen molar-refractivity contribution in [1.29, 1.82) is 0 Å². The zero-order chi connectivity index (χ0) is 24.0. The molecule has 0 fully saturated rings. The third-order valence-corrected chi connectivity index (χ3v) is 7.59. The third kappa shape index (κ3) is 13.3. The number of methoxy groups -OCH3 is 1. The molecule has 0 aromatic heterocycles. The maximum absolute atomic E-state index is 11.5. The fraction of sp³-hybridized carbons (Fsp3) is 0.727. The summed E-state index contributed by atoms with van der Waals surface area (Å²) in [5.74, 6) is 0. The van der Waals surface area contributed by atoms with Gasteiger partial charge in [0.25, 0.3) is 10.1 Å². The largest absolute Gasteiger partial charge is 0.382 e. The van der Waals surface area contributed by atoms with Crippen LogP contribution in [0, 0.1) is 0 Å². The second-order valence-electron chi connectivity index (χ2n) is 7.98. The molecule has 7 nitrogen and oxygen atoms in total. The quantitative estimate of drug-likeness (QED) is 0.166. The van der Waals surface area contributed by atoms with Gasteiger partial charge in [-0.3, -0.25) is 4.18 Å². The number of nitrogens with zero attached hydrogens (tertiary/aromatic N) is 1. The highest BCUT2D eigenvalue weighted by Crippen LogP contribution is 2.35. The van der Waals surface area contributed by atoms with Crippen molar-refractivity contribution >= 4 is 37.4 Å². The number of hydrogen-bond donors (Lipinski definition) is 0. The Morgan fingerprint density at radius 1 is 1.00 bits per heavy atom. The fourth-order valence-corrected chi connectivity index (χ4v) is 5.56. The van der Waals surface area contributed by atoms with Crippen LogP contribution in [-0.2, 0) is 41.5 Å². The number of benzene rings is 1. The van der Waals surface area contributed by atoms with Crippen molar-refractivity contribution in [3.8, 4) is 0 Å². The number of aryl methyl sites for hydroxylation is 1. The van der Waals surface area contributed by atoms with Gasteiger partial charge in [0.2, 0.25) is 0 Å². The van der Waals surface area contributed by atoms with E-state index in [0.717, 1.165) is 42.6 Å². The second-order valence-corrected chi connectivity index (χ2v) is 12.7. The van der Waals surface area contributed by atoms with Gasteiger partial charge in [0, 0.05) is 30.6 Å². The second kappa shape index (κ2) is 15.4. The van der Waals surface area contributed by atoms with E-state index in [4.69, 9.17) is 18.4 Å². The van der Waals surface area contributed by atoms with Crippen LogP contribution < -0.4 is 4.90 Å². The van der Waals surface area contributed by atoms with Crippen LogP contribution in [0.3, 0.4) is 0 Å². The molecular formula is C22H39NO6S3. The lowest BCUT2D eigenvalue weighted by Crippen LogP contribution is -2.38. The van der Waals surface area contributed by atoms with E-state index in [2.05, 4.69) is 38.0 Å². The van der Waals surface area contributed by atoms with Crippen LogP contribution in [-0.4, -0.2) is 78.9 Å². The summed E-state index contributed by atoms with van der Waals surface area (Å²) in [6.45, 7) is 10.9. The maximum Gasteiger partial charge on any atom is 0.264 e. The molecule has 1 aromatic carbocycles. The van der Waals surface area contributed by atoms with E-state index in [1.165, 1.54) is 0 Å². The first-order valence-corrected chi connectivity index (χ1v) is 15.1. The molecule has 0 heterocycles. The Labute approximate surface area is 202 Å². The summed E-state index contributed by atoms with van der Waals surface area (Å²) in [7, 11) is 1.74. The Kier molecular flexibility index (Phi) is 14.2. The minimum Gasteiger partial charge on any atom is -0.382 e. The molecule has 10 heteroatoms. The molecule has 0 bridgehead atoms. The highest BCUT2D eigenvalue weighted by molar-refractivity contribution is 8.77. The van der Waals surface area contributed by atoms with E-state index in [-0.39, 0.29) is 11.4 Å². The predicted octanol–water partition coefficient (Wildman–Crippen LogP) is 4.00. The predicted molar refractivity (Wildman–Crippen MR) is 136 cm³/mol. The van der Waals surface area contributed by atoms with Gasteiger partial charge in [-0.2, -0.15) is 8.42 Å². The summed E-state index contributed by atoms with van der Waals surface area (Å²) in [4.78, 5) is 2.30. The summed E-state index contributed by atoms with van der Waals surface area (Å²) >= 11 is 0. The lowest BCUT2D eigenvalue weighted by atomic mass is 10.1. The van der Waals surface area contributed by atoms with Crippen molar-refractivity contribution in [2.24, 2.45) is 0 Å². The Morgan fingerprint density at radius 3 is 2.22 bits per heavy atom. The van der Waals surface area contributed by atoms with Gasteiger partial charge >= 0.3 is 0 Å². The highest BCUT2D eigenvalue weighted by Gasteiger charge is 2.23. The van der Waals surface area contributed by atoms with Gasteiger partial charge in [0.1, 0.15) is 0 Å². The maximum atomic E-state index is 11.5. The molecule has 0 unspecified atom stereocenters. The molecule has 0 N–H and O–H groups in total. The molecule has 0 aliphatic heterocycles. The third-order valence-electron chi connectivity index (χ3n) is 4.44. The van der Waals surface area contributed by atoms with E-state index in [9.17, 15) is 8.42 Å². The average molecular weight is 510 g/mol. The lowest BCUT2D eigenvalue weighted by molar-refractivity contribution is 0.0264.